The molecule has 0 fully saturated rings. The molecule has 0 spiro atoms. The Bertz CT molecular complexity index is 1400. The lowest BCUT2D eigenvalue weighted by Crippen LogP contribution is -1.69. The summed E-state index contributed by atoms with van der Waals surface area (Å²) in [5.74, 6) is 2.65. The summed E-state index contributed by atoms with van der Waals surface area (Å²) < 4.78 is 11.7. The van der Waals surface area contributed by atoms with Crippen molar-refractivity contribution in [3.05, 3.63) is 106 Å². The summed E-state index contributed by atoms with van der Waals surface area (Å²) in [6.07, 6.45) is 9.47. The molecule has 0 saturated heterocycles. The molecule has 0 saturated carbocycles. The van der Waals surface area contributed by atoms with E-state index in [1.165, 1.54) is 23.5 Å². The van der Waals surface area contributed by atoms with E-state index in [1.807, 2.05) is 37.3 Å². The van der Waals surface area contributed by atoms with E-state index in [1.54, 1.807) is 36.4 Å². The third-order valence-electron chi connectivity index (χ3n) is 4.14. The minimum absolute atomic E-state index is 0.00660. The van der Waals surface area contributed by atoms with Crippen LogP contribution in [0.4, 0.5) is 0 Å². The number of hydrogen-bond donors (Lipinski definition) is 0. The molecule has 0 amide bonds. The molecular formula is C25H14N4O2S. The van der Waals surface area contributed by atoms with Crippen molar-refractivity contribution in [3.8, 4) is 33.4 Å². The molecule has 7 heteroatoms. The largest absolute Gasteiger partial charge is 0.456 e. The van der Waals surface area contributed by atoms with Gasteiger partial charge in [-0.3, -0.25) is 0 Å². The molecule has 0 aliphatic heterocycles. The van der Waals surface area contributed by atoms with Crippen LogP contribution >= 0.6 is 11.3 Å². The number of allylic oxidation sites excluding steroid dienone is 6. The van der Waals surface area contributed by atoms with Crippen LogP contribution in [0.2, 0.25) is 0 Å². The standard InChI is InChI=1S/C25H14N4O2S/c1-17-14-24(22-12-10-20(30-22)8-4-6-18(15-26)28-2)32-25(17)23-13-11-21(31-23)9-5-7-19(16-27)29-3/h4-14H,1H3/b8-4+,9-5+,18-6+,19-7-. The van der Waals surface area contributed by atoms with Crippen LogP contribution in [0.5, 0.6) is 0 Å². The summed E-state index contributed by atoms with van der Waals surface area (Å²) in [6, 6.07) is 13.0. The van der Waals surface area contributed by atoms with E-state index in [9.17, 15) is 0 Å². The van der Waals surface area contributed by atoms with Crippen LogP contribution in [0.25, 0.3) is 43.1 Å². The summed E-state index contributed by atoms with van der Waals surface area (Å²) in [5, 5.41) is 17.5. The monoisotopic (exact) mass is 434 g/mol. The molecule has 3 heterocycles. The van der Waals surface area contributed by atoms with Crippen LogP contribution in [0, 0.1) is 42.7 Å². The van der Waals surface area contributed by atoms with E-state index in [2.05, 4.69) is 9.69 Å². The molecule has 3 aromatic rings. The summed E-state index contributed by atoms with van der Waals surface area (Å²) in [7, 11) is 0. The molecule has 0 N–H and O–H groups in total. The molecule has 6 nitrogen and oxygen atoms in total. The van der Waals surface area contributed by atoms with Gasteiger partial charge in [-0.25, -0.2) is 20.2 Å². The second-order valence-electron chi connectivity index (χ2n) is 6.30. The number of rotatable bonds is 6. The van der Waals surface area contributed by atoms with Gasteiger partial charge in [0, 0.05) is 0 Å². The van der Waals surface area contributed by atoms with Crippen molar-refractivity contribution >= 4 is 23.5 Å². The van der Waals surface area contributed by atoms with Crippen molar-refractivity contribution in [1.82, 2.24) is 0 Å². The number of furan rings is 2. The fourth-order valence-corrected chi connectivity index (χ4v) is 3.75. The second kappa shape index (κ2) is 10.3. The maximum absolute atomic E-state index is 8.77. The Morgan fingerprint density at radius 2 is 1.44 bits per heavy atom. The molecule has 0 atom stereocenters. The maximum atomic E-state index is 8.77. The molecule has 32 heavy (non-hydrogen) atoms. The Balaban J connectivity index is 1.78. The van der Waals surface area contributed by atoms with Gasteiger partial charge in [0.15, 0.2) is 0 Å². The van der Waals surface area contributed by atoms with Crippen LogP contribution in [0.15, 0.2) is 74.9 Å². The first-order chi connectivity index (χ1) is 15.6. The third kappa shape index (κ3) is 5.21. The molecule has 0 unspecified atom stereocenters. The molecular weight excluding hydrogens is 420 g/mol. The Morgan fingerprint density at radius 3 is 1.97 bits per heavy atom. The quantitative estimate of drug-likeness (QED) is 0.232. The number of aryl methyl sites for hydroxylation is 1. The van der Waals surface area contributed by atoms with Gasteiger partial charge in [0.1, 0.15) is 23.0 Å². The lowest BCUT2D eigenvalue weighted by atomic mass is 10.2. The predicted molar refractivity (Wildman–Crippen MR) is 123 cm³/mol. The minimum atomic E-state index is 0.00660. The molecule has 0 bridgehead atoms. The summed E-state index contributed by atoms with van der Waals surface area (Å²) in [5.41, 5.74) is 1.06. The summed E-state index contributed by atoms with van der Waals surface area (Å²) in [6.45, 7) is 15.7. The normalized spacial score (nSPS) is 11.9. The molecule has 3 aromatic heterocycles. The topological polar surface area (TPSA) is 82.6 Å². The second-order valence-corrected chi connectivity index (χ2v) is 7.35. The van der Waals surface area contributed by atoms with E-state index in [-0.39, 0.29) is 11.4 Å². The van der Waals surface area contributed by atoms with E-state index < -0.39 is 0 Å². The molecule has 0 aliphatic carbocycles. The first-order valence-corrected chi connectivity index (χ1v) is 10.0. The number of hydrogen-bond acceptors (Lipinski definition) is 5. The Labute approximate surface area is 189 Å². The Hall–Kier alpha value is -4.82. The van der Waals surface area contributed by atoms with E-state index in [0.717, 1.165) is 15.3 Å². The number of nitriles is 2. The highest BCUT2D eigenvalue weighted by Crippen LogP contribution is 2.39. The van der Waals surface area contributed by atoms with Crippen LogP contribution in [-0.2, 0) is 0 Å². The van der Waals surface area contributed by atoms with Gasteiger partial charge in [-0.05, 0) is 67.1 Å². The summed E-state index contributed by atoms with van der Waals surface area (Å²) >= 11 is 1.54. The van der Waals surface area contributed by atoms with Crippen molar-refractivity contribution in [2.75, 3.05) is 0 Å². The van der Waals surface area contributed by atoms with Gasteiger partial charge in [0.2, 0.25) is 0 Å². The zero-order chi connectivity index (χ0) is 22.9. The third-order valence-corrected chi connectivity index (χ3v) is 5.40. The van der Waals surface area contributed by atoms with Gasteiger partial charge >= 0.3 is 0 Å². The lowest BCUT2D eigenvalue weighted by Gasteiger charge is -1.93. The van der Waals surface area contributed by atoms with Gasteiger partial charge in [-0.15, -0.1) is 11.3 Å². The SMILES string of the molecule is [C-]#[N+]/C(C#N)=C\C=C\c1ccc(-c2sc(-c3ccc(/C=C/C=C(\C#N)[N+]#[C-])o3)cc2C)o1. The van der Waals surface area contributed by atoms with Crippen molar-refractivity contribution in [1.29, 1.82) is 10.5 Å². The fourth-order valence-electron chi connectivity index (χ4n) is 2.65. The minimum Gasteiger partial charge on any atom is -0.456 e. The lowest BCUT2D eigenvalue weighted by molar-refractivity contribution is 0.572. The van der Waals surface area contributed by atoms with Crippen LogP contribution in [-0.4, -0.2) is 0 Å². The van der Waals surface area contributed by atoms with Gasteiger partial charge < -0.3 is 8.83 Å². The first-order valence-electron chi connectivity index (χ1n) is 9.20. The highest BCUT2D eigenvalue weighted by molar-refractivity contribution is 7.18. The van der Waals surface area contributed by atoms with Crippen molar-refractivity contribution in [2.24, 2.45) is 0 Å². The molecule has 3 rings (SSSR count). The average Bonchev–Trinajstić information content (AvgIpc) is 3.54. The van der Waals surface area contributed by atoms with Crippen LogP contribution in [0.3, 0.4) is 0 Å². The smallest absolute Gasteiger partial charge is 0.261 e. The maximum Gasteiger partial charge on any atom is 0.261 e. The van der Waals surface area contributed by atoms with E-state index in [4.69, 9.17) is 32.5 Å². The van der Waals surface area contributed by atoms with E-state index >= 15 is 0 Å². The zero-order valence-corrected chi connectivity index (χ0v) is 17.7. The van der Waals surface area contributed by atoms with Gasteiger partial charge in [-0.1, -0.05) is 12.2 Å². The number of nitrogens with zero attached hydrogens (tertiary/aromatic N) is 4. The molecule has 0 radical (unpaired) electrons. The van der Waals surface area contributed by atoms with Gasteiger partial charge in [0.05, 0.1) is 35.0 Å². The molecule has 0 aliphatic rings. The van der Waals surface area contributed by atoms with Gasteiger partial charge in [0.25, 0.3) is 11.4 Å². The highest BCUT2D eigenvalue weighted by atomic mass is 32.1. The van der Waals surface area contributed by atoms with Crippen LogP contribution < -0.4 is 0 Å². The van der Waals surface area contributed by atoms with Crippen molar-refractivity contribution < 1.29 is 8.83 Å². The summed E-state index contributed by atoms with van der Waals surface area (Å²) in [4.78, 5) is 8.11. The molecule has 0 aromatic carbocycles. The van der Waals surface area contributed by atoms with Crippen LogP contribution in [0.1, 0.15) is 17.1 Å². The average molecular weight is 434 g/mol. The van der Waals surface area contributed by atoms with Crippen molar-refractivity contribution in [2.45, 2.75) is 6.92 Å². The van der Waals surface area contributed by atoms with Gasteiger partial charge in [-0.2, -0.15) is 0 Å². The van der Waals surface area contributed by atoms with E-state index in [0.29, 0.717) is 23.0 Å². The predicted octanol–water partition coefficient (Wildman–Crippen LogP) is 7.26. The van der Waals surface area contributed by atoms with Crippen molar-refractivity contribution in [3.63, 3.8) is 0 Å². The first kappa shape index (κ1) is 21.9. The molecule has 152 valence electrons. The zero-order valence-electron chi connectivity index (χ0n) is 16.9. The Morgan fingerprint density at radius 1 is 0.906 bits per heavy atom. The highest BCUT2D eigenvalue weighted by Gasteiger charge is 2.14. The number of thiophene rings is 1. The fraction of sp³-hybridized carbons (Fsp3) is 0.0400. The Kier molecular flexibility index (Phi) is 7.03.